The standard InChI is InChI=1S/C14H19Br2NO3/c1-9(17-13(18)20-14(2,3)4)8-19-12-10(15)6-5-7-11(12)16/h5-7,9H,8H2,1-4H3,(H,17,18)/t9-/m0/s1. The minimum Gasteiger partial charge on any atom is -0.489 e. The maximum atomic E-state index is 11.6. The molecule has 0 radical (unpaired) electrons. The zero-order valence-electron chi connectivity index (χ0n) is 12.0. The van der Waals surface area contributed by atoms with Gasteiger partial charge in [-0.25, -0.2) is 4.79 Å². The van der Waals surface area contributed by atoms with E-state index in [1.807, 2.05) is 45.9 Å². The molecule has 1 atom stereocenters. The quantitative estimate of drug-likeness (QED) is 0.797. The molecule has 0 spiro atoms. The predicted octanol–water partition coefficient (Wildman–Crippen LogP) is 4.50. The van der Waals surface area contributed by atoms with E-state index in [2.05, 4.69) is 37.2 Å². The van der Waals surface area contributed by atoms with Gasteiger partial charge in [0.25, 0.3) is 0 Å². The lowest BCUT2D eigenvalue weighted by Gasteiger charge is -2.22. The van der Waals surface area contributed by atoms with Crippen LogP contribution < -0.4 is 10.1 Å². The summed E-state index contributed by atoms with van der Waals surface area (Å²) in [7, 11) is 0. The molecule has 0 bridgehead atoms. The summed E-state index contributed by atoms with van der Waals surface area (Å²) >= 11 is 6.84. The lowest BCUT2D eigenvalue weighted by molar-refractivity contribution is 0.0493. The number of halogens is 2. The molecule has 0 aliphatic carbocycles. The number of nitrogens with one attached hydrogen (secondary N) is 1. The fourth-order valence-corrected chi connectivity index (χ4v) is 2.61. The first-order chi connectivity index (χ1) is 9.19. The molecule has 1 N–H and O–H groups in total. The molecule has 112 valence electrons. The molecular weight excluding hydrogens is 390 g/mol. The first-order valence-electron chi connectivity index (χ1n) is 6.25. The number of hydrogen-bond acceptors (Lipinski definition) is 3. The van der Waals surface area contributed by atoms with Crippen molar-refractivity contribution < 1.29 is 14.3 Å². The summed E-state index contributed by atoms with van der Waals surface area (Å²) < 4.78 is 12.6. The second-order valence-corrected chi connectivity index (χ2v) is 7.12. The van der Waals surface area contributed by atoms with Gasteiger partial charge in [-0.2, -0.15) is 0 Å². The Labute approximate surface area is 136 Å². The van der Waals surface area contributed by atoms with Crippen LogP contribution in [-0.2, 0) is 4.74 Å². The molecule has 0 aliphatic heterocycles. The van der Waals surface area contributed by atoms with Gasteiger partial charge in [-0.05, 0) is 71.7 Å². The predicted molar refractivity (Wildman–Crippen MR) is 86.2 cm³/mol. The molecule has 0 fully saturated rings. The van der Waals surface area contributed by atoms with Crippen LogP contribution >= 0.6 is 31.9 Å². The normalized spacial score (nSPS) is 12.7. The third-order valence-corrected chi connectivity index (χ3v) is 3.41. The second kappa shape index (κ2) is 7.31. The SMILES string of the molecule is C[C@@H](COc1c(Br)cccc1Br)NC(=O)OC(C)(C)C. The topological polar surface area (TPSA) is 47.6 Å². The van der Waals surface area contributed by atoms with E-state index in [-0.39, 0.29) is 6.04 Å². The summed E-state index contributed by atoms with van der Waals surface area (Å²) in [6.07, 6.45) is -0.445. The highest BCUT2D eigenvalue weighted by Crippen LogP contribution is 2.32. The van der Waals surface area contributed by atoms with Crippen molar-refractivity contribution in [2.75, 3.05) is 6.61 Å². The summed E-state index contributed by atoms with van der Waals surface area (Å²) in [4.78, 5) is 11.6. The van der Waals surface area contributed by atoms with Crippen molar-refractivity contribution in [3.63, 3.8) is 0 Å². The Balaban J connectivity index is 2.48. The van der Waals surface area contributed by atoms with Crippen LogP contribution in [-0.4, -0.2) is 24.3 Å². The van der Waals surface area contributed by atoms with Crippen molar-refractivity contribution in [2.45, 2.75) is 39.3 Å². The van der Waals surface area contributed by atoms with Gasteiger partial charge in [-0.1, -0.05) is 6.07 Å². The molecule has 0 aliphatic rings. The molecule has 0 heterocycles. The lowest BCUT2D eigenvalue weighted by Crippen LogP contribution is -2.40. The number of rotatable bonds is 4. The van der Waals surface area contributed by atoms with Gasteiger partial charge in [-0.3, -0.25) is 0 Å². The Hall–Kier alpha value is -0.750. The molecule has 0 aromatic heterocycles. The molecule has 0 unspecified atom stereocenters. The summed E-state index contributed by atoms with van der Waals surface area (Å²) in [5.74, 6) is 0.713. The Kier molecular flexibility index (Phi) is 6.33. The zero-order chi connectivity index (χ0) is 15.3. The van der Waals surface area contributed by atoms with E-state index in [4.69, 9.17) is 9.47 Å². The van der Waals surface area contributed by atoms with Crippen molar-refractivity contribution in [3.8, 4) is 5.75 Å². The summed E-state index contributed by atoms with van der Waals surface area (Å²) in [5.41, 5.74) is -0.504. The monoisotopic (exact) mass is 407 g/mol. The summed E-state index contributed by atoms with van der Waals surface area (Å²) in [5, 5.41) is 2.73. The Morgan fingerprint density at radius 3 is 2.35 bits per heavy atom. The van der Waals surface area contributed by atoms with Gasteiger partial charge in [0.05, 0.1) is 15.0 Å². The minimum atomic E-state index is -0.504. The van der Waals surface area contributed by atoms with E-state index >= 15 is 0 Å². The molecule has 4 nitrogen and oxygen atoms in total. The fourth-order valence-electron chi connectivity index (χ4n) is 1.38. The average molecular weight is 409 g/mol. The molecule has 1 aromatic rings. The van der Waals surface area contributed by atoms with Crippen LogP contribution in [0.4, 0.5) is 4.79 Å². The average Bonchev–Trinajstić information content (AvgIpc) is 2.25. The van der Waals surface area contributed by atoms with Crippen molar-refractivity contribution in [1.82, 2.24) is 5.32 Å². The summed E-state index contributed by atoms with van der Waals surface area (Å²) in [6.45, 7) is 7.68. The van der Waals surface area contributed by atoms with Gasteiger partial charge in [0, 0.05) is 0 Å². The molecule has 6 heteroatoms. The van der Waals surface area contributed by atoms with Crippen molar-refractivity contribution in [1.29, 1.82) is 0 Å². The maximum absolute atomic E-state index is 11.6. The van der Waals surface area contributed by atoms with Crippen molar-refractivity contribution in [3.05, 3.63) is 27.1 Å². The van der Waals surface area contributed by atoms with Gasteiger partial charge < -0.3 is 14.8 Å². The van der Waals surface area contributed by atoms with Crippen LogP contribution in [0.25, 0.3) is 0 Å². The second-order valence-electron chi connectivity index (χ2n) is 5.41. The maximum Gasteiger partial charge on any atom is 0.407 e. The highest BCUT2D eigenvalue weighted by atomic mass is 79.9. The van der Waals surface area contributed by atoms with Gasteiger partial charge >= 0.3 is 6.09 Å². The number of hydrogen-bond donors (Lipinski definition) is 1. The minimum absolute atomic E-state index is 0.163. The Morgan fingerprint density at radius 1 is 1.30 bits per heavy atom. The number of carbonyl (C=O) groups is 1. The van der Waals surface area contributed by atoms with Gasteiger partial charge in [0.2, 0.25) is 0 Å². The summed E-state index contributed by atoms with van der Waals surface area (Å²) in [6, 6.07) is 5.53. The molecule has 1 aromatic carbocycles. The van der Waals surface area contributed by atoms with Crippen LogP contribution in [0.2, 0.25) is 0 Å². The first kappa shape index (κ1) is 17.3. The third kappa shape index (κ3) is 6.13. The number of amides is 1. The molecule has 1 rings (SSSR count). The molecule has 0 saturated carbocycles. The Morgan fingerprint density at radius 2 is 1.85 bits per heavy atom. The van der Waals surface area contributed by atoms with E-state index in [1.54, 1.807) is 0 Å². The van der Waals surface area contributed by atoms with Crippen molar-refractivity contribution >= 4 is 38.0 Å². The molecule has 1 amide bonds. The van der Waals surface area contributed by atoms with Crippen molar-refractivity contribution in [2.24, 2.45) is 0 Å². The number of ether oxygens (including phenoxy) is 2. The molecule has 0 saturated heterocycles. The highest BCUT2D eigenvalue weighted by Gasteiger charge is 2.18. The number of benzene rings is 1. The number of carbonyl (C=O) groups excluding carboxylic acids is 1. The van der Waals surface area contributed by atoms with E-state index in [0.717, 1.165) is 8.95 Å². The van der Waals surface area contributed by atoms with E-state index in [1.165, 1.54) is 0 Å². The first-order valence-corrected chi connectivity index (χ1v) is 7.84. The third-order valence-electron chi connectivity index (χ3n) is 2.16. The van der Waals surface area contributed by atoms with E-state index in [9.17, 15) is 4.79 Å². The van der Waals surface area contributed by atoms with Crippen LogP contribution in [0.3, 0.4) is 0 Å². The van der Waals surface area contributed by atoms with E-state index in [0.29, 0.717) is 12.4 Å². The molecular formula is C14H19Br2NO3. The van der Waals surface area contributed by atoms with Crippen LogP contribution in [0, 0.1) is 0 Å². The Bertz CT molecular complexity index is 452. The number of para-hydroxylation sites is 1. The van der Waals surface area contributed by atoms with Crippen LogP contribution in [0.5, 0.6) is 5.75 Å². The van der Waals surface area contributed by atoms with Gasteiger partial charge in [0.1, 0.15) is 18.0 Å². The van der Waals surface area contributed by atoms with E-state index < -0.39 is 11.7 Å². The van der Waals surface area contributed by atoms with Gasteiger partial charge in [-0.15, -0.1) is 0 Å². The fraction of sp³-hybridized carbons (Fsp3) is 0.500. The lowest BCUT2D eigenvalue weighted by atomic mass is 10.2. The number of alkyl carbamates (subject to hydrolysis) is 1. The zero-order valence-corrected chi connectivity index (χ0v) is 15.2. The highest BCUT2D eigenvalue weighted by molar-refractivity contribution is 9.11. The smallest absolute Gasteiger partial charge is 0.407 e. The van der Waals surface area contributed by atoms with Gasteiger partial charge in [0.15, 0.2) is 0 Å². The van der Waals surface area contributed by atoms with Crippen LogP contribution in [0.1, 0.15) is 27.7 Å². The largest absolute Gasteiger partial charge is 0.489 e. The van der Waals surface area contributed by atoms with Crippen LogP contribution in [0.15, 0.2) is 27.1 Å². The molecule has 20 heavy (non-hydrogen) atoms.